The molecule has 7 nitrogen and oxygen atoms in total. The summed E-state index contributed by atoms with van der Waals surface area (Å²) in [5.74, 6) is -0.290. The Labute approximate surface area is 151 Å². The lowest BCUT2D eigenvalue weighted by Gasteiger charge is -2.17. The molecule has 1 aliphatic heterocycles. The summed E-state index contributed by atoms with van der Waals surface area (Å²) >= 11 is 0. The Hall–Kier alpha value is -3.09. The minimum Gasteiger partial charge on any atom is -0.459 e. The van der Waals surface area contributed by atoms with E-state index < -0.39 is 0 Å². The summed E-state index contributed by atoms with van der Waals surface area (Å²) in [6, 6.07) is 10.7. The van der Waals surface area contributed by atoms with E-state index in [1.807, 2.05) is 24.3 Å². The Balaban J connectivity index is 1.53. The molecule has 3 rings (SSSR count). The van der Waals surface area contributed by atoms with Gasteiger partial charge in [-0.15, -0.1) is 0 Å². The summed E-state index contributed by atoms with van der Waals surface area (Å²) in [6.07, 6.45) is 2.87. The van der Waals surface area contributed by atoms with Crippen molar-refractivity contribution < 1.29 is 18.8 Å². The van der Waals surface area contributed by atoms with Gasteiger partial charge in [-0.25, -0.2) is 0 Å². The van der Waals surface area contributed by atoms with Gasteiger partial charge in [-0.3, -0.25) is 14.4 Å². The first-order chi connectivity index (χ1) is 12.5. The van der Waals surface area contributed by atoms with Crippen molar-refractivity contribution in [2.75, 3.05) is 25.0 Å². The second-order valence-electron chi connectivity index (χ2n) is 6.23. The van der Waals surface area contributed by atoms with Gasteiger partial charge in [0.2, 0.25) is 11.8 Å². The molecule has 3 amide bonds. The molecule has 0 bridgehead atoms. The van der Waals surface area contributed by atoms with Crippen LogP contribution in [0.15, 0.2) is 47.1 Å². The van der Waals surface area contributed by atoms with Crippen molar-refractivity contribution in [2.24, 2.45) is 0 Å². The van der Waals surface area contributed by atoms with Gasteiger partial charge in [-0.2, -0.15) is 0 Å². The monoisotopic (exact) mass is 355 g/mol. The molecule has 1 aliphatic rings. The number of carbonyl (C=O) groups excluding carboxylic acids is 3. The topological polar surface area (TPSA) is 82.9 Å². The normalized spacial score (nSPS) is 13.7. The number of amides is 3. The number of rotatable bonds is 6. The van der Waals surface area contributed by atoms with Gasteiger partial charge in [0.15, 0.2) is 5.76 Å². The smallest absolute Gasteiger partial charge is 0.289 e. The second kappa shape index (κ2) is 7.86. The third kappa shape index (κ3) is 4.11. The molecule has 0 atom stereocenters. The molecule has 1 fully saturated rings. The van der Waals surface area contributed by atoms with E-state index in [1.54, 1.807) is 24.1 Å². The Bertz CT molecular complexity index is 801. The quantitative estimate of drug-likeness (QED) is 0.856. The van der Waals surface area contributed by atoms with E-state index in [2.05, 4.69) is 5.32 Å². The van der Waals surface area contributed by atoms with Gasteiger partial charge in [0.05, 0.1) is 12.8 Å². The third-order valence-electron chi connectivity index (χ3n) is 4.24. The highest BCUT2D eigenvalue weighted by Gasteiger charge is 2.21. The molecule has 2 aromatic rings. The minimum atomic E-state index is -0.348. The molecular weight excluding hydrogens is 334 g/mol. The fourth-order valence-electron chi connectivity index (χ4n) is 2.89. The van der Waals surface area contributed by atoms with Gasteiger partial charge in [0.25, 0.3) is 5.91 Å². The molecule has 0 radical (unpaired) electrons. The predicted octanol–water partition coefficient (Wildman–Crippen LogP) is 1.79. The van der Waals surface area contributed by atoms with Crippen LogP contribution in [0, 0.1) is 0 Å². The first kappa shape index (κ1) is 17.7. The Kier molecular flexibility index (Phi) is 5.36. The van der Waals surface area contributed by atoms with Gasteiger partial charge in [-0.05, 0) is 36.2 Å². The van der Waals surface area contributed by atoms with Crippen LogP contribution in [-0.2, 0) is 16.1 Å². The van der Waals surface area contributed by atoms with E-state index >= 15 is 0 Å². The second-order valence-corrected chi connectivity index (χ2v) is 6.23. The van der Waals surface area contributed by atoms with Crippen LogP contribution in [-0.4, -0.2) is 42.8 Å². The molecule has 1 aromatic heterocycles. The molecule has 0 unspecified atom stereocenters. The highest BCUT2D eigenvalue weighted by Crippen LogP contribution is 2.22. The third-order valence-corrected chi connectivity index (χ3v) is 4.24. The minimum absolute atomic E-state index is 0.0656. The van der Waals surface area contributed by atoms with Gasteiger partial charge in [-0.1, -0.05) is 12.1 Å². The van der Waals surface area contributed by atoms with Crippen molar-refractivity contribution in [3.63, 3.8) is 0 Å². The van der Waals surface area contributed by atoms with Crippen LogP contribution in [0.2, 0.25) is 0 Å². The molecule has 26 heavy (non-hydrogen) atoms. The van der Waals surface area contributed by atoms with Crippen LogP contribution in [0.25, 0.3) is 0 Å². The molecule has 1 aromatic carbocycles. The maximum absolute atomic E-state index is 12.1. The Morgan fingerprint density at radius 1 is 1.27 bits per heavy atom. The van der Waals surface area contributed by atoms with E-state index in [4.69, 9.17) is 4.42 Å². The summed E-state index contributed by atoms with van der Waals surface area (Å²) in [6.45, 7) is 0.996. The van der Waals surface area contributed by atoms with Crippen LogP contribution >= 0.6 is 0 Å². The number of hydrogen-bond donors (Lipinski definition) is 1. The van der Waals surface area contributed by atoms with Gasteiger partial charge in [0.1, 0.15) is 0 Å². The van der Waals surface area contributed by atoms with E-state index in [0.29, 0.717) is 13.0 Å². The van der Waals surface area contributed by atoms with Crippen LogP contribution in [0.3, 0.4) is 0 Å². The van der Waals surface area contributed by atoms with E-state index in [9.17, 15) is 14.4 Å². The maximum Gasteiger partial charge on any atom is 0.289 e. The van der Waals surface area contributed by atoms with Crippen molar-refractivity contribution >= 4 is 23.4 Å². The number of hydrogen-bond acceptors (Lipinski definition) is 4. The van der Waals surface area contributed by atoms with Crippen LogP contribution in [0.1, 0.15) is 29.0 Å². The number of nitrogens with one attached hydrogen (secondary N) is 1. The fraction of sp³-hybridized carbons (Fsp3) is 0.316. The zero-order valence-corrected chi connectivity index (χ0v) is 14.6. The zero-order valence-electron chi connectivity index (χ0n) is 14.6. The highest BCUT2D eigenvalue weighted by atomic mass is 16.3. The predicted molar refractivity (Wildman–Crippen MR) is 95.5 cm³/mol. The van der Waals surface area contributed by atoms with Crippen LogP contribution in [0.4, 0.5) is 5.69 Å². The lowest BCUT2D eigenvalue weighted by atomic mass is 10.2. The van der Waals surface area contributed by atoms with Crippen molar-refractivity contribution in [3.05, 3.63) is 54.0 Å². The average Bonchev–Trinajstić information content (AvgIpc) is 3.31. The highest BCUT2D eigenvalue weighted by molar-refractivity contribution is 5.95. The number of likely N-dealkylation sites (N-methyl/N-ethyl adjacent to an activating group) is 1. The zero-order chi connectivity index (χ0) is 18.5. The van der Waals surface area contributed by atoms with Crippen molar-refractivity contribution in [1.82, 2.24) is 10.2 Å². The van der Waals surface area contributed by atoms with Crippen molar-refractivity contribution in [1.29, 1.82) is 0 Å². The maximum atomic E-state index is 12.1. The lowest BCUT2D eigenvalue weighted by molar-refractivity contribution is -0.121. The molecule has 1 N–H and O–H groups in total. The SMILES string of the molecule is CN(CC(=O)NCc1cccc(N2CCCC2=O)c1)C(=O)c1ccco1. The van der Waals surface area contributed by atoms with Gasteiger partial charge in [0, 0.05) is 32.2 Å². The molecule has 1 saturated heterocycles. The van der Waals surface area contributed by atoms with Crippen LogP contribution in [0.5, 0.6) is 0 Å². The fourth-order valence-corrected chi connectivity index (χ4v) is 2.89. The van der Waals surface area contributed by atoms with Crippen LogP contribution < -0.4 is 10.2 Å². The van der Waals surface area contributed by atoms with E-state index in [-0.39, 0.29) is 30.0 Å². The molecule has 0 saturated carbocycles. The number of furan rings is 1. The van der Waals surface area contributed by atoms with Gasteiger partial charge < -0.3 is 19.5 Å². The largest absolute Gasteiger partial charge is 0.459 e. The molecule has 0 spiro atoms. The Morgan fingerprint density at radius 2 is 2.12 bits per heavy atom. The van der Waals surface area contributed by atoms with Gasteiger partial charge >= 0.3 is 0 Å². The first-order valence-electron chi connectivity index (χ1n) is 8.49. The van der Waals surface area contributed by atoms with E-state index in [1.165, 1.54) is 11.2 Å². The summed E-state index contributed by atoms with van der Waals surface area (Å²) in [7, 11) is 1.55. The summed E-state index contributed by atoms with van der Waals surface area (Å²) in [4.78, 5) is 39.1. The number of anilines is 1. The summed E-state index contributed by atoms with van der Waals surface area (Å²) in [5.41, 5.74) is 1.75. The number of benzene rings is 1. The lowest BCUT2D eigenvalue weighted by Crippen LogP contribution is -2.38. The van der Waals surface area contributed by atoms with E-state index in [0.717, 1.165) is 24.2 Å². The number of nitrogens with zero attached hydrogens (tertiary/aromatic N) is 2. The van der Waals surface area contributed by atoms with Crippen molar-refractivity contribution in [2.45, 2.75) is 19.4 Å². The first-order valence-corrected chi connectivity index (χ1v) is 8.49. The standard InChI is InChI=1S/C19H21N3O4/c1-21(19(25)16-7-4-10-26-16)13-17(23)20-12-14-5-2-6-15(11-14)22-9-3-8-18(22)24/h2,4-7,10-11H,3,8-9,12-13H2,1H3,(H,20,23). The Morgan fingerprint density at radius 3 is 2.81 bits per heavy atom. The summed E-state index contributed by atoms with van der Waals surface area (Å²) < 4.78 is 5.04. The molecule has 2 heterocycles. The van der Waals surface area contributed by atoms with Crippen molar-refractivity contribution in [3.8, 4) is 0 Å². The molecule has 136 valence electrons. The summed E-state index contributed by atoms with van der Waals surface area (Å²) in [5, 5.41) is 2.79. The number of carbonyl (C=O) groups is 3. The molecular formula is C19H21N3O4. The molecule has 0 aliphatic carbocycles. The average molecular weight is 355 g/mol. The molecule has 7 heteroatoms.